The lowest BCUT2D eigenvalue weighted by Crippen LogP contribution is -2.34. The molecular formula is C5H11NO2. The predicted molar refractivity (Wildman–Crippen MR) is 30.5 cm³/mol. The molecule has 0 aliphatic rings. The maximum absolute atomic E-state index is 9.90. The Morgan fingerprint density at radius 1 is 1.75 bits per heavy atom. The van der Waals surface area contributed by atoms with Crippen molar-refractivity contribution in [1.29, 1.82) is 0 Å². The first-order chi connectivity index (χ1) is 3.72. The molecule has 2 unspecified atom stereocenters. The maximum atomic E-state index is 9.90. The van der Waals surface area contributed by atoms with Gasteiger partial charge in [0.05, 0.1) is 12.1 Å². The lowest BCUT2D eigenvalue weighted by Gasteiger charge is -2.10. The quantitative estimate of drug-likeness (QED) is 0.509. The standard InChI is InChI=1S/C5H11NO2/c1-4(8-2)5(6)3-7/h3-5H,6H2,1-2H3. The fourth-order valence-corrected chi connectivity index (χ4v) is 0.268. The number of nitrogens with two attached hydrogens (primary N) is 1. The Bertz CT molecular complexity index is 74.8. The van der Waals surface area contributed by atoms with Gasteiger partial charge in [0.2, 0.25) is 0 Å². The lowest BCUT2D eigenvalue weighted by atomic mass is 10.2. The van der Waals surface area contributed by atoms with E-state index in [4.69, 9.17) is 10.5 Å². The summed E-state index contributed by atoms with van der Waals surface area (Å²) in [4.78, 5) is 9.90. The molecule has 0 spiro atoms. The minimum atomic E-state index is -0.486. The SMILES string of the molecule is COC(C)C(N)C=O. The van der Waals surface area contributed by atoms with E-state index >= 15 is 0 Å². The third kappa shape index (κ3) is 2.04. The zero-order valence-electron chi connectivity index (χ0n) is 5.13. The molecular weight excluding hydrogens is 106 g/mol. The minimum Gasteiger partial charge on any atom is -0.380 e. The molecule has 48 valence electrons. The topological polar surface area (TPSA) is 52.3 Å². The summed E-state index contributed by atoms with van der Waals surface area (Å²) < 4.78 is 4.75. The Morgan fingerprint density at radius 3 is 2.38 bits per heavy atom. The van der Waals surface area contributed by atoms with Gasteiger partial charge in [-0.1, -0.05) is 0 Å². The zero-order valence-corrected chi connectivity index (χ0v) is 5.13. The summed E-state index contributed by atoms with van der Waals surface area (Å²) in [7, 11) is 1.52. The van der Waals surface area contributed by atoms with Gasteiger partial charge in [-0.05, 0) is 6.92 Å². The van der Waals surface area contributed by atoms with Crippen molar-refractivity contribution in [2.75, 3.05) is 7.11 Å². The van der Waals surface area contributed by atoms with Crippen molar-refractivity contribution in [3.05, 3.63) is 0 Å². The average molecular weight is 117 g/mol. The Balaban J connectivity index is 3.44. The molecule has 8 heavy (non-hydrogen) atoms. The van der Waals surface area contributed by atoms with E-state index in [2.05, 4.69) is 0 Å². The molecule has 0 radical (unpaired) electrons. The molecule has 0 heterocycles. The number of methoxy groups -OCH3 is 1. The first kappa shape index (κ1) is 7.59. The van der Waals surface area contributed by atoms with Crippen molar-refractivity contribution in [2.24, 2.45) is 5.73 Å². The van der Waals surface area contributed by atoms with Gasteiger partial charge < -0.3 is 15.3 Å². The number of hydrogen-bond donors (Lipinski definition) is 1. The Labute approximate surface area is 48.8 Å². The van der Waals surface area contributed by atoms with Crippen LogP contribution < -0.4 is 5.73 Å². The molecule has 3 heteroatoms. The van der Waals surface area contributed by atoms with E-state index < -0.39 is 6.04 Å². The minimum absolute atomic E-state index is 0.174. The van der Waals surface area contributed by atoms with Gasteiger partial charge >= 0.3 is 0 Å². The van der Waals surface area contributed by atoms with E-state index in [1.54, 1.807) is 6.92 Å². The van der Waals surface area contributed by atoms with Crippen molar-refractivity contribution in [3.8, 4) is 0 Å². The molecule has 0 bridgehead atoms. The van der Waals surface area contributed by atoms with Gasteiger partial charge in [0.15, 0.2) is 0 Å². The van der Waals surface area contributed by atoms with Crippen LogP contribution in [-0.4, -0.2) is 25.5 Å². The molecule has 2 atom stereocenters. The lowest BCUT2D eigenvalue weighted by molar-refractivity contribution is -0.111. The van der Waals surface area contributed by atoms with Gasteiger partial charge in [-0.3, -0.25) is 0 Å². The van der Waals surface area contributed by atoms with Gasteiger partial charge in [0.25, 0.3) is 0 Å². The van der Waals surface area contributed by atoms with Crippen LogP contribution in [0.15, 0.2) is 0 Å². The molecule has 0 aromatic rings. The van der Waals surface area contributed by atoms with E-state index in [1.807, 2.05) is 0 Å². The number of ether oxygens (including phenoxy) is 1. The third-order valence-corrected chi connectivity index (χ3v) is 1.07. The first-order valence-electron chi connectivity index (χ1n) is 2.46. The van der Waals surface area contributed by atoms with Gasteiger partial charge in [0, 0.05) is 7.11 Å². The molecule has 0 amide bonds. The van der Waals surface area contributed by atoms with Crippen LogP contribution in [0, 0.1) is 0 Å². The highest BCUT2D eigenvalue weighted by Gasteiger charge is 2.08. The molecule has 0 saturated heterocycles. The van der Waals surface area contributed by atoms with Crippen LogP contribution in [0.1, 0.15) is 6.92 Å². The van der Waals surface area contributed by atoms with Crippen LogP contribution in [0.5, 0.6) is 0 Å². The van der Waals surface area contributed by atoms with Crippen molar-refractivity contribution in [2.45, 2.75) is 19.1 Å². The summed E-state index contributed by atoms with van der Waals surface area (Å²) >= 11 is 0. The molecule has 3 nitrogen and oxygen atoms in total. The average Bonchev–Trinajstić information content (AvgIpc) is 1.84. The highest BCUT2D eigenvalue weighted by atomic mass is 16.5. The van der Waals surface area contributed by atoms with Gasteiger partial charge in [0.1, 0.15) is 6.29 Å². The van der Waals surface area contributed by atoms with E-state index in [0.717, 1.165) is 0 Å². The second-order valence-electron chi connectivity index (χ2n) is 1.65. The largest absolute Gasteiger partial charge is 0.380 e. The van der Waals surface area contributed by atoms with Crippen molar-refractivity contribution in [1.82, 2.24) is 0 Å². The Kier molecular flexibility index (Phi) is 3.39. The molecule has 0 aliphatic heterocycles. The summed E-state index contributed by atoms with van der Waals surface area (Å²) in [6, 6.07) is -0.486. The Hall–Kier alpha value is -0.410. The zero-order chi connectivity index (χ0) is 6.57. The van der Waals surface area contributed by atoms with Crippen LogP contribution in [0.3, 0.4) is 0 Å². The van der Waals surface area contributed by atoms with Crippen LogP contribution in [0.25, 0.3) is 0 Å². The first-order valence-corrected chi connectivity index (χ1v) is 2.46. The maximum Gasteiger partial charge on any atom is 0.139 e. The molecule has 0 aliphatic carbocycles. The summed E-state index contributed by atoms with van der Waals surface area (Å²) in [5.74, 6) is 0. The van der Waals surface area contributed by atoms with Crippen LogP contribution >= 0.6 is 0 Å². The Morgan fingerprint density at radius 2 is 2.25 bits per heavy atom. The predicted octanol–water partition coefficient (Wildman–Crippen LogP) is -0.453. The monoisotopic (exact) mass is 117 g/mol. The summed E-state index contributed by atoms with van der Waals surface area (Å²) in [6.45, 7) is 1.75. The number of carbonyl (C=O) groups excluding carboxylic acids is 1. The van der Waals surface area contributed by atoms with Crippen LogP contribution in [-0.2, 0) is 9.53 Å². The van der Waals surface area contributed by atoms with E-state index in [0.29, 0.717) is 6.29 Å². The summed E-state index contributed by atoms with van der Waals surface area (Å²) in [5, 5.41) is 0. The van der Waals surface area contributed by atoms with Crippen molar-refractivity contribution < 1.29 is 9.53 Å². The summed E-state index contributed by atoms with van der Waals surface area (Å²) in [6.07, 6.45) is 0.501. The molecule has 0 aromatic carbocycles. The third-order valence-electron chi connectivity index (χ3n) is 1.07. The normalized spacial score (nSPS) is 17.4. The van der Waals surface area contributed by atoms with E-state index in [1.165, 1.54) is 7.11 Å². The van der Waals surface area contributed by atoms with Gasteiger partial charge in [-0.15, -0.1) is 0 Å². The molecule has 0 aromatic heterocycles. The fraction of sp³-hybridized carbons (Fsp3) is 0.800. The van der Waals surface area contributed by atoms with Crippen molar-refractivity contribution in [3.63, 3.8) is 0 Å². The van der Waals surface area contributed by atoms with Crippen molar-refractivity contribution >= 4 is 6.29 Å². The number of hydrogen-bond acceptors (Lipinski definition) is 3. The summed E-state index contributed by atoms with van der Waals surface area (Å²) in [5.41, 5.74) is 5.23. The van der Waals surface area contributed by atoms with Gasteiger partial charge in [-0.2, -0.15) is 0 Å². The number of rotatable bonds is 3. The molecule has 0 fully saturated rings. The number of aldehydes is 1. The molecule has 0 rings (SSSR count). The van der Waals surface area contributed by atoms with E-state index in [-0.39, 0.29) is 6.10 Å². The fourth-order valence-electron chi connectivity index (χ4n) is 0.268. The highest BCUT2D eigenvalue weighted by Crippen LogP contribution is 1.88. The second-order valence-corrected chi connectivity index (χ2v) is 1.65. The number of carbonyl (C=O) groups is 1. The second kappa shape index (κ2) is 3.57. The molecule has 0 saturated carbocycles. The highest BCUT2D eigenvalue weighted by molar-refractivity contribution is 5.57. The van der Waals surface area contributed by atoms with Crippen LogP contribution in [0.2, 0.25) is 0 Å². The molecule has 2 N–H and O–H groups in total. The smallest absolute Gasteiger partial charge is 0.139 e. The van der Waals surface area contributed by atoms with Gasteiger partial charge in [-0.25, -0.2) is 0 Å². The van der Waals surface area contributed by atoms with Crippen LogP contribution in [0.4, 0.5) is 0 Å². The van der Waals surface area contributed by atoms with E-state index in [9.17, 15) is 4.79 Å².